The minimum Gasteiger partial charge on any atom is -0.489 e. The number of rotatable bonds is 9. The SMILES string of the molecule is CCOCCCNC1c2ccccc2N(C)S(=O)(=O)c2cc(OCc3ccccc3)ccc21. The predicted molar refractivity (Wildman–Crippen MR) is 130 cm³/mol. The average Bonchev–Trinajstić information content (AvgIpc) is 2.91. The molecule has 3 aromatic rings. The smallest absolute Gasteiger partial charge is 0.264 e. The molecule has 174 valence electrons. The summed E-state index contributed by atoms with van der Waals surface area (Å²) in [6, 6.07) is 22.5. The Morgan fingerprint density at radius 3 is 2.52 bits per heavy atom. The molecular weight excluding hydrogens is 436 g/mol. The Bertz CT molecular complexity index is 1180. The molecule has 6 nitrogen and oxygen atoms in total. The third-order valence-corrected chi connectivity index (χ3v) is 7.61. The molecule has 0 bridgehead atoms. The molecule has 1 heterocycles. The van der Waals surface area contributed by atoms with Gasteiger partial charge in [-0.3, -0.25) is 4.31 Å². The molecule has 33 heavy (non-hydrogen) atoms. The van der Waals surface area contributed by atoms with Gasteiger partial charge in [-0.05, 0) is 48.7 Å². The van der Waals surface area contributed by atoms with E-state index in [4.69, 9.17) is 9.47 Å². The van der Waals surface area contributed by atoms with E-state index in [2.05, 4.69) is 5.32 Å². The molecule has 1 aliphatic heterocycles. The van der Waals surface area contributed by atoms with Crippen molar-refractivity contribution in [2.45, 2.75) is 30.9 Å². The molecular formula is C26H30N2O4S. The van der Waals surface area contributed by atoms with Gasteiger partial charge in [0.25, 0.3) is 10.0 Å². The predicted octanol–water partition coefficient (Wildman–Crippen LogP) is 4.51. The van der Waals surface area contributed by atoms with Gasteiger partial charge in [0.15, 0.2) is 0 Å². The van der Waals surface area contributed by atoms with Gasteiger partial charge < -0.3 is 14.8 Å². The fraction of sp³-hybridized carbons (Fsp3) is 0.308. The molecule has 1 N–H and O–H groups in total. The van der Waals surface area contributed by atoms with Gasteiger partial charge in [0.2, 0.25) is 0 Å². The Balaban J connectivity index is 1.69. The number of anilines is 1. The maximum absolute atomic E-state index is 13.6. The lowest BCUT2D eigenvalue weighted by Gasteiger charge is -2.22. The minimum atomic E-state index is -3.76. The zero-order chi connectivity index (χ0) is 23.3. The number of nitrogens with one attached hydrogen (secondary N) is 1. The Morgan fingerprint density at radius 2 is 1.73 bits per heavy atom. The van der Waals surface area contributed by atoms with Crippen LogP contribution in [0.2, 0.25) is 0 Å². The van der Waals surface area contributed by atoms with E-state index in [1.807, 2.05) is 73.7 Å². The number of nitrogens with zero attached hydrogens (tertiary/aromatic N) is 1. The topological polar surface area (TPSA) is 67.9 Å². The lowest BCUT2D eigenvalue weighted by Crippen LogP contribution is -2.26. The first-order valence-electron chi connectivity index (χ1n) is 11.2. The molecule has 0 aliphatic carbocycles. The molecule has 0 amide bonds. The Hall–Kier alpha value is -2.87. The van der Waals surface area contributed by atoms with Crippen molar-refractivity contribution in [3.8, 4) is 5.75 Å². The summed E-state index contributed by atoms with van der Waals surface area (Å²) in [6.07, 6.45) is 0.836. The van der Waals surface area contributed by atoms with Gasteiger partial charge in [-0.25, -0.2) is 8.42 Å². The van der Waals surface area contributed by atoms with Gasteiger partial charge in [0, 0.05) is 26.3 Å². The van der Waals surface area contributed by atoms with E-state index in [1.54, 1.807) is 13.1 Å². The second-order valence-electron chi connectivity index (χ2n) is 7.94. The van der Waals surface area contributed by atoms with Crippen molar-refractivity contribution in [3.63, 3.8) is 0 Å². The highest BCUT2D eigenvalue weighted by molar-refractivity contribution is 7.92. The van der Waals surface area contributed by atoms with Crippen LogP contribution in [0.3, 0.4) is 0 Å². The number of para-hydroxylation sites is 1. The number of hydrogen-bond acceptors (Lipinski definition) is 5. The van der Waals surface area contributed by atoms with E-state index in [9.17, 15) is 8.42 Å². The summed E-state index contributed by atoms with van der Waals surface area (Å²) in [5, 5.41) is 3.56. The highest BCUT2D eigenvalue weighted by atomic mass is 32.2. The summed E-state index contributed by atoms with van der Waals surface area (Å²) in [6.45, 7) is 4.39. The largest absolute Gasteiger partial charge is 0.489 e. The van der Waals surface area contributed by atoms with Crippen LogP contribution in [0.1, 0.15) is 36.1 Å². The summed E-state index contributed by atoms with van der Waals surface area (Å²) < 4.78 is 40.0. The summed E-state index contributed by atoms with van der Waals surface area (Å²) >= 11 is 0. The standard InChI is InChI=1S/C26H30N2O4S/c1-3-31-17-9-16-27-26-22-12-7-8-13-24(22)28(2)33(29,30)25-18-21(14-15-23(25)26)32-19-20-10-5-4-6-11-20/h4-8,10-15,18,26-27H,3,9,16-17,19H2,1-2H3. The van der Waals surface area contributed by atoms with Crippen molar-refractivity contribution in [2.24, 2.45) is 0 Å². The first-order chi connectivity index (χ1) is 16.0. The fourth-order valence-electron chi connectivity index (χ4n) is 4.06. The van der Waals surface area contributed by atoms with E-state index >= 15 is 0 Å². The van der Waals surface area contributed by atoms with Crippen LogP contribution in [0.15, 0.2) is 77.7 Å². The van der Waals surface area contributed by atoms with Crippen LogP contribution >= 0.6 is 0 Å². The number of fused-ring (bicyclic) bond motifs is 2. The van der Waals surface area contributed by atoms with Gasteiger partial charge in [-0.2, -0.15) is 0 Å². The second-order valence-corrected chi connectivity index (χ2v) is 9.88. The number of benzene rings is 3. The highest BCUT2D eigenvalue weighted by Crippen LogP contribution is 2.41. The van der Waals surface area contributed by atoms with Crippen LogP contribution in [-0.2, 0) is 21.4 Å². The lowest BCUT2D eigenvalue weighted by atomic mass is 9.96. The molecule has 1 atom stereocenters. The Morgan fingerprint density at radius 1 is 0.970 bits per heavy atom. The first kappa shape index (κ1) is 23.3. The number of hydrogen-bond donors (Lipinski definition) is 1. The van der Waals surface area contributed by atoms with Crippen LogP contribution in [-0.4, -0.2) is 35.2 Å². The number of sulfonamides is 1. The Kier molecular flexibility index (Phi) is 7.33. The molecule has 1 aliphatic rings. The Labute approximate surface area is 196 Å². The normalized spacial score (nSPS) is 16.5. The van der Waals surface area contributed by atoms with E-state index in [1.165, 1.54) is 4.31 Å². The molecule has 0 spiro atoms. The molecule has 0 fully saturated rings. The van der Waals surface area contributed by atoms with Gasteiger partial charge >= 0.3 is 0 Å². The van der Waals surface area contributed by atoms with Crippen molar-refractivity contribution in [1.82, 2.24) is 5.32 Å². The van der Waals surface area contributed by atoms with Crippen molar-refractivity contribution < 1.29 is 17.9 Å². The van der Waals surface area contributed by atoms with E-state index in [0.717, 1.165) is 23.1 Å². The average molecular weight is 467 g/mol. The zero-order valence-electron chi connectivity index (χ0n) is 19.0. The molecule has 0 aromatic heterocycles. The molecule has 0 saturated heterocycles. The van der Waals surface area contributed by atoms with Gasteiger partial charge in [-0.1, -0.05) is 54.6 Å². The minimum absolute atomic E-state index is 0.258. The van der Waals surface area contributed by atoms with Crippen molar-refractivity contribution in [2.75, 3.05) is 31.1 Å². The molecule has 1 unspecified atom stereocenters. The molecule has 0 radical (unpaired) electrons. The highest BCUT2D eigenvalue weighted by Gasteiger charge is 2.35. The first-order valence-corrected chi connectivity index (χ1v) is 12.7. The fourth-order valence-corrected chi connectivity index (χ4v) is 5.52. The second kappa shape index (κ2) is 10.4. The zero-order valence-corrected chi connectivity index (χ0v) is 19.8. The lowest BCUT2D eigenvalue weighted by molar-refractivity contribution is 0.144. The van der Waals surface area contributed by atoms with E-state index in [-0.39, 0.29) is 10.9 Å². The van der Waals surface area contributed by atoms with Crippen molar-refractivity contribution in [1.29, 1.82) is 0 Å². The van der Waals surface area contributed by atoms with Crippen LogP contribution in [0.25, 0.3) is 0 Å². The summed E-state index contributed by atoms with van der Waals surface area (Å²) in [5.74, 6) is 0.524. The van der Waals surface area contributed by atoms with Gasteiger partial charge in [0.05, 0.1) is 16.6 Å². The van der Waals surface area contributed by atoms with Crippen molar-refractivity contribution in [3.05, 3.63) is 89.5 Å². The molecule has 7 heteroatoms. The summed E-state index contributed by atoms with van der Waals surface area (Å²) in [7, 11) is -2.16. The maximum Gasteiger partial charge on any atom is 0.264 e. The summed E-state index contributed by atoms with van der Waals surface area (Å²) in [4.78, 5) is 0.258. The van der Waals surface area contributed by atoms with Gasteiger partial charge in [0.1, 0.15) is 12.4 Å². The third kappa shape index (κ3) is 5.05. The monoisotopic (exact) mass is 466 g/mol. The van der Waals surface area contributed by atoms with E-state index < -0.39 is 10.0 Å². The molecule has 4 rings (SSSR count). The number of ether oxygens (including phenoxy) is 2. The quantitative estimate of drug-likeness (QED) is 0.470. The third-order valence-electron chi connectivity index (χ3n) is 5.79. The van der Waals surface area contributed by atoms with Crippen LogP contribution in [0, 0.1) is 0 Å². The maximum atomic E-state index is 13.6. The van der Waals surface area contributed by atoms with E-state index in [0.29, 0.717) is 37.8 Å². The van der Waals surface area contributed by atoms with Gasteiger partial charge in [-0.15, -0.1) is 0 Å². The van der Waals surface area contributed by atoms with Crippen molar-refractivity contribution >= 4 is 15.7 Å². The molecule has 0 saturated carbocycles. The molecule has 3 aromatic carbocycles. The van der Waals surface area contributed by atoms with Crippen LogP contribution in [0.5, 0.6) is 5.75 Å². The van der Waals surface area contributed by atoms with Crippen LogP contribution in [0.4, 0.5) is 5.69 Å². The summed E-state index contributed by atoms with van der Waals surface area (Å²) in [5.41, 5.74) is 3.34. The van der Waals surface area contributed by atoms with Crippen LogP contribution < -0.4 is 14.4 Å².